The normalized spacial score (nSPS) is 19.4. The molecule has 32 heavy (non-hydrogen) atoms. The number of thiazole rings is 1. The van der Waals surface area contributed by atoms with Crippen LogP contribution in [-0.4, -0.2) is 49.6 Å². The van der Waals surface area contributed by atoms with Crippen LogP contribution in [0, 0.1) is 11.3 Å². The van der Waals surface area contributed by atoms with Gasteiger partial charge in [0.25, 0.3) is 0 Å². The number of Topliss-reactive ketones (excluding diaryl/α,β-unsaturated/α-hetero) is 1. The number of piperidine rings is 1. The van der Waals surface area contributed by atoms with Crippen molar-refractivity contribution in [1.29, 1.82) is 0 Å². The molecule has 1 aromatic carbocycles. The van der Waals surface area contributed by atoms with Gasteiger partial charge in [-0.2, -0.15) is 4.31 Å². The van der Waals surface area contributed by atoms with Gasteiger partial charge in [-0.05, 0) is 48.9 Å². The van der Waals surface area contributed by atoms with Crippen LogP contribution in [0.15, 0.2) is 29.2 Å². The average Bonchev–Trinajstić information content (AvgIpc) is 3.15. The molecule has 172 valence electrons. The van der Waals surface area contributed by atoms with Crippen LogP contribution in [0.4, 0.5) is 5.13 Å². The fourth-order valence-electron chi connectivity index (χ4n) is 4.24. The molecular weight excluding hydrogens is 450 g/mol. The van der Waals surface area contributed by atoms with E-state index >= 15 is 0 Å². The zero-order chi connectivity index (χ0) is 23.1. The lowest BCUT2D eigenvalue weighted by Gasteiger charge is -2.30. The average molecular weight is 478 g/mol. The van der Waals surface area contributed by atoms with Crippen molar-refractivity contribution in [3.63, 3.8) is 0 Å². The van der Waals surface area contributed by atoms with Crippen LogP contribution in [0.1, 0.15) is 48.5 Å². The van der Waals surface area contributed by atoms with Crippen LogP contribution < -0.4 is 10.1 Å². The highest BCUT2D eigenvalue weighted by Crippen LogP contribution is 2.38. The Morgan fingerprint density at radius 3 is 2.47 bits per heavy atom. The molecule has 10 heteroatoms. The smallest absolute Gasteiger partial charge is 0.243 e. The molecule has 0 radical (unpaired) electrons. The lowest BCUT2D eigenvalue weighted by atomic mass is 9.78. The largest absolute Gasteiger partial charge is 0.497 e. The lowest BCUT2D eigenvalue weighted by molar-refractivity contribution is -0.120. The standard InChI is InChI=1S/C22H27N3O5S2/c1-22(2)12-17-19(18(26)13-22)31-21(23-17)24-20(27)14-8-10-25(11-9-14)32(28,29)16-6-4-15(30-3)5-7-16/h4-7,14H,8-13H2,1-3H3,(H,23,24,27). The Labute approximate surface area is 192 Å². The van der Waals surface area contributed by atoms with E-state index in [0.29, 0.717) is 41.4 Å². The fourth-order valence-corrected chi connectivity index (χ4v) is 6.63. The number of fused-ring (bicyclic) bond motifs is 1. The monoisotopic (exact) mass is 477 g/mol. The van der Waals surface area contributed by atoms with Gasteiger partial charge in [0, 0.05) is 25.4 Å². The first-order valence-corrected chi connectivity index (χ1v) is 12.8. The van der Waals surface area contributed by atoms with Crippen molar-refractivity contribution in [3.05, 3.63) is 34.8 Å². The van der Waals surface area contributed by atoms with Gasteiger partial charge in [-0.3, -0.25) is 9.59 Å². The number of carbonyl (C=O) groups excluding carboxylic acids is 2. The van der Waals surface area contributed by atoms with Crippen LogP contribution in [0.3, 0.4) is 0 Å². The second-order valence-electron chi connectivity index (χ2n) is 9.08. The first kappa shape index (κ1) is 22.9. The first-order chi connectivity index (χ1) is 15.1. The van der Waals surface area contributed by atoms with Crippen molar-refractivity contribution in [1.82, 2.24) is 9.29 Å². The third-order valence-electron chi connectivity index (χ3n) is 5.99. The molecule has 2 heterocycles. The Kier molecular flexibility index (Phi) is 6.12. The first-order valence-electron chi connectivity index (χ1n) is 10.6. The summed E-state index contributed by atoms with van der Waals surface area (Å²) in [5.74, 6) is 0.189. The number of methoxy groups -OCH3 is 1. The summed E-state index contributed by atoms with van der Waals surface area (Å²) in [4.78, 5) is 30.5. The summed E-state index contributed by atoms with van der Waals surface area (Å²) >= 11 is 1.23. The van der Waals surface area contributed by atoms with Crippen LogP contribution in [0.5, 0.6) is 5.75 Å². The number of hydrogen-bond donors (Lipinski definition) is 1. The number of anilines is 1. The molecule has 1 amide bonds. The maximum absolute atomic E-state index is 12.9. The third kappa shape index (κ3) is 4.57. The topological polar surface area (TPSA) is 106 Å². The molecule has 2 aromatic rings. The highest BCUT2D eigenvalue weighted by atomic mass is 32.2. The van der Waals surface area contributed by atoms with Gasteiger partial charge in [-0.15, -0.1) is 0 Å². The van der Waals surface area contributed by atoms with Gasteiger partial charge >= 0.3 is 0 Å². The number of nitrogens with one attached hydrogen (secondary N) is 1. The minimum absolute atomic E-state index is 0.0753. The molecule has 1 saturated heterocycles. The molecule has 0 atom stereocenters. The Balaban J connectivity index is 1.37. The number of ether oxygens (including phenoxy) is 1. The number of carbonyl (C=O) groups is 2. The summed E-state index contributed by atoms with van der Waals surface area (Å²) < 4.78 is 32.3. The van der Waals surface area contributed by atoms with E-state index in [-0.39, 0.29) is 41.0 Å². The number of hydrogen-bond acceptors (Lipinski definition) is 7. The van der Waals surface area contributed by atoms with Crippen molar-refractivity contribution in [2.45, 2.75) is 44.4 Å². The number of sulfonamides is 1. The predicted molar refractivity (Wildman–Crippen MR) is 122 cm³/mol. The number of aromatic nitrogens is 1. The van der Waals surface area contributed by atoms with Gasteiger partial charge in [-0.1, -0.05) is 25.2 Å². The molecule has 1 fully saturated rings. The molecular formula is C22H27N3O5S2. The maximum atomic E-state index is 12.9. The van der Waals surface area contributed by atoms with E-state index in [1.807, 2.05) is 13.8 Å². The number of rotatable bonds is 5. The summed E-state index contributed by atoms with van der Waals surface area (Å²) in [5, 5.41) is 3.29. The fraction of sp³-hybridized carbons (Fsp3) is 0.500. The minimum Gasteiger partial charge on any atom is -0.497 e. The summed E-state index contributed by atoms with van der Waals surface area (Å²) in [5.41, 5.74) is 0.633. The molecule has 8 nitrogen and oxygen atoms in total. The highest BCUT2D eigenvalue weighted by Gasteiger charge is 2.35. The van der Waals surface area contributed by atoms with Crippen molar-refractivity contribution < 1.29 is 22.7 Å². The zero-order valence-electron chi connectivity index (χ0n) is 18.4. The van der Waals surface area contributed by atoms with Gasteiger partial charge in [0.15, 0.2) is 10.9 Å². The summed E-state index contributed by atoms with van der Waals surface area (Å²) in [6.45, 7) is 4.62. The van der Waals surface area contributed by atoms with Crippen molar-refractivity contribution in [2.24, 2.45) is 11.3 Å². The molecule has 0 saturated carbocycles. The Hall–Kier alpha value is -2.30. The van der Waals surface area contributed by atoms with Gasteiger partial charge in [0.1, 0.15) is 5.75 Å². The molecule has 0 spiro atoms. The summed E-state index contributed by atoms with van der Waals surface area (Å²) in [7, 11) is -2.09. The maximum Gasteiger partial charge on any atom is 0.243 e. The van der Waals surface area contributed by atoms with Crippen LogP contribution in [0.2, 0.25) is 0 Å². The van der Waals surface area contributed by atoms with Gasteiger partial charge < -0.3 is 10.1 Å². The van der Waals surface area contributed by atoms with E-state index < -0.39 is 10.0 Å². The predicted octanol–water partition coefficient (Wildman–Crippen LogP) is 3.35. The molecule has 1 N–H and O–H groups in total. The second kappa shape index (κ2) is 8.57. The van der Waals surface area contributed by atoms with Crippen LogP contribution in [0.25, 0.3) is 0 Å². The molecule has 1 aliphatic carbocycles. The third-order valence-corrected chi connectivity index (χ3v) is 8.95. The highest BCUT2D eigenvalue weighted by molar-refractivity contribution is 7.89. The van der Waals surface area contributed by atoms with Gasteiger partial charge in [-0.25, -0.2) is 13.4 Å². The van der Waals surface area contributed by atoms with Crippen molar-refractivity contribution in [2.75, 3.05) is 25.5 Å². The number of nitrogens with zero attached hydrogens (tertiary/aromatic N) is 2. The summed E-state index contributed by atoms with van der Waals surface area (Å²) in [6.07, 6.45) is 2.05. The van der Waals surface area contributed by atoms with Crippen LogP contribution >= 0.6 is 11.3 Å². The minimum atomic E-state index is -3.62. The van der Waals surface area contributed by atoms with Crippen LogP contribution in [-0.2, 0) is 21.2 Å². The lowest BCUT2D eigenvalue weighted by Crippen LogP contribution is -2.41. The zero-order valence-corrected chi connectivity index (χ0v) is 20.0. The second-order valence-corrected chi connectivity index (χ2v) is 12.0. The SMILES string of the molecule is COc1ccc(S(=O)(=O)N2CCC(C(=O)Nc3nc4c(s3)C(=O)CC(C)(C)C4)CC2)cc1. The van der Waals surface area contributed by atoms with Gasteiger partial charge in [0.2, 0.25) is 15.9 Å². The van der Waals surface area contributed by atoms with E-state index in [0.717, 1.165) is 5.69 Å². The molecule has 0 unspecified atom stereocenters. The number of benzene rings is 1. The Morgan fingerprint density at radius 1 is 1.19 bits per heavy atom. The number of ketones is 1. The summed E-state index contributed by atoms with van der Waals surface area (Å²) in [6, 6.07) is 6.29. The molecule has 1 aliphatic heterocycles. The van der Waals surface area contributed by atoms with E-state index in [1.165, 1.54) is 34.9 Å². The van der Waals surface area contributed by atoms with E-state index in [2.05, 4.69) is 10.3 Å². The van der Waals surface area contributed by atoms with Crippen molar-refractivity contribution >= 4 is 38.2 Å². The van der Waals surface area contributed by atoms with E-state index in [1.54, 1.807) is 12.1 Å². The molecule has 1 aromatic heterocycles. The molecule has 2 aliphatic rings. The number of amides is 1. The van der Waals surface area contributed by atoms with E-state index in [9.17, 15) is 18.0 Å². The van der Waals surface area contributed by atoms with Crippen molar-refractivity contribution in [3.8, 4) is 5.75 Å². The van der Waals surface area contributed by atoms with E-state index in [4.69, 9.17) is 4.74 Å². The van der Waals surface area contributed by atoms with Gasteiger partial charge in [0.05, 0.1) is 22.6 Å². The Bertz CT molecular complexity index is 1130. The Morgan fingerprint density at radius 2 is 1.84 bits per heavy atom. The quantitative estimate of drug-likeness (QED) is 0.708. The molecule has 0 bridgehead atoms. The molecule has 4 rings (SSSR count).